The van der Waals surface area contributed by atoms with Gasteiger partial charge in [0.15, 0.2) is 0 Å². The summed E-state index contributed by atoms with van der Waals surface area (Å²) in [5.41, 5.74) is 1.13. The number of rotatable bonds is 3. The fourth-order valence-electron chi connectivity index (χ4n) is 2.67. The van der Waals surface area contributed by atoms with Gasteiger partial charge in [-0.1, -0.05) is 40.9 Å². The summed E-state index contributed by atoms with van der Waals surface area (Å²) < 4.78 is 0. The predicted octanol–water partition coefficient (Wildman–Crippen LogP) is 4.72. The largest absolute Gasteiger partial charge is 0.347 e. The highest BCUT2D eigenvalue weighted by Gasteiger charge is 2.36. The number of carbonyl (C=O) groups excluding carboxylic acids is 1. The second kappa shape index (κ2) is 6.45. The van der Waals surface area contributed by atoms with E-state index in [2.05, 4.69) is 10.3 Å². The molecule has 1 N–H and O–H groups in total. The van der Waals surface area contributed by atoms with Crippen molar-refractivity contribution >= 4 is 40.7 Å². The van der Waals surface area contributed by atoms with Crippen molar-refractivity contribution < 1.29 is 4.79 Å². The first-order chi connectivity index (χ1) is 10.6. The highest BCUT2D eigenvalue weighted by Crippen LogP contribution is 2.43. The van der Waals surface area contributed by atoms with E-state index in [0.29, 0.717) is 15.1 Å². The molecule has 2 atom stereocenters. The monoisotopic (exact) mass is 354 g/mol. The molecule has 3 nitrogen and oxygen atoms in total. The molecule has 22 heavy (non-hydrogen) atoms. The summed E-state index contributed by atoms with van der Waals surface area (Å²) in [6.45, 7) is 0. The number of nitrogens with one attached hydrogen (secondary N) is 1. The highest BCUT2D eigenvalue weighted by molar-refractivity contribution is 6.36. The quantitative estimate of drug-likeness (QED) is 0.865. The summed E-state index contributed by atoms with van der Waals surface area (Å²) in [6.07, 6.45) is 3.36. The van der Waals surface area contributed by atoms with Crippen LogP contribution in [0.2, 0.25) is 15.1 Å². The average Bonchev–Trinajstić information content (AvgIpc) is 2.47. The van der Waals surface area contributed by atoms with Gasteiger partial charge in [0, 0.05) is 28.2 Å². The van der Waals surface area contributed by atoms with Crippen LogP contribution in [-0.2, 0) is 0 Å². The Labute approximate surface area is 143 Å². The predicted molar refractivity (Wildman–Crippen MR) is 88.9 cm³/mol. The van der Waals surface area contributed by atoms with Gasteiger partial charge in [0.1, 0.15) is 5.69 Å². The average molecular weight is 356 g/mol. The molecule has 1 fully saturated rings. The molecule has 2 aromatic rings. The molecule has 1 aromatic carbocycles. The van der Waals surface area contributed by atoms with E-state index >= 15 is 0 Å². The Morgan fingerprint density at radius 3 is 2.32 bits per heavy atom. The number of nitrogens with zero attached hydrogens (tertiary/aromatic N) is 1. The highest BCUT2D eigenvalue weighted by atomic mass is 35.5. The molecule has 1 aromatic heterocycles. The van der Waals surface area contributed by atoms with Crippen LogP contribution in [0.15, 0.2) is 36.5 Å². The second-order valence-corrected chi connectivity index (χ2v) is 6.45. The third-order valence-corrected chi connectivity index (χ3v) is 4.90. The summed E-state index contributed by atoms with van der Waals surface area (Å²) in [5.74, 6) is -0.156. The molecule has 0 unspecified atom stereocenters. The minimum Gasteiger partial charge on any atom is -0.347 e. The third kappa shape index (κ3) is 2.94. The molecule has 1 aliphatic carbocycles. The van der Waals surface area contributed by atoms with E-state index in [-0.39, 0.29) is 23.6 Å². The number of aromatic nitrogens is 1. The number of carbonyl (C=O) groups is 1. The van der Waals surface area contributed by atoms with Gasteiger partial charge >= 0.3 is 0 Å². The van der Waals surface area contributed by atoms with Gasteiger partial charge in [-0.3, -0.25) is 4.79 Å². The van der Waals surface area contributed by atoms with Gasteiger partial charge in [-0.25, -0.2) is 4.98 Å². The molecular formula is C16H13Cl3N2O. The number of amides is 1. The molecule has 3 rings (SSSR count). The standard InChI is InChI=1S/C16H13Cl3N2O/c17-10-3-1-4-11(18)14(10)9-6-7-13(9)21-16(22)15-12(19)5-2-8-20-15/h1-5,8-9,13H,6-7H2,(H,21,22)/t9-,13+/m0/s1. The first-order valence-electron chi connectivity index (χ1n) is 6.93. The molecule has 1 heterocycles. The Morgan fingerprint density at radius 2 is 1.73 bits per heavy atom. The Bertz CT molecular complexity index is 700. The Balaban J connectivity index is 1.77. The van der Waals surface area contributed by atoms with Crippen molar-refractivity contribution in [3.05, 3.63) is 62.9 Å². The molecule has 1 amide bonds. The molecule has 0 spiro atoms. The molecular weight excluding hydrogens is 343 g/mol. The number of hydrogen-bond donors (Lipinski definition) is 1. The molecule has 6 heteroatoms. The van der Waals surface area contributed by atoms with Crippen LogP contribution in [-0.4, -0.2) is 16.9 Å². The first-order valence-corrected chi connectivity index (χ1v) is 8.06. The smallest absolute Gasteiger partial charge is 0.271 e. The molecule has 0 radical (unpaired) electrons. The van der Waals surface area contributed by atoms with Gasteiger partial charge < -0.3 is 5.32 Å². The number of pyridine rings is 1. The van der Waals surface area contributed by atoms with Gasteiger partial charge in [-0.05, 0) is 42.7 Å². The summed E-state index contributed by atoms with van der Waals surface area (Å²) in [4.78, 5) is 16.3. The van der Waals surface area contributed by atoms with Crippen LogP contribution in [0, 0.1) is 0 Å². The van der Waals surface area contributed by atoms with E-state index in [1.54, 1.807) is 18.3 Å². The van der Waals surface area contributed by atoms with E-state index < -0.39 is 0 Å². The summed E-state index contributed by atoms with van der Waals surface area (Å²) in [7, 11) is 0. The van der Waals surface area contributed by atoms with Crippen LogP contribution in [0.3, 0.4) is 0 Å². The summed E-state index contributed by atoms with van der Waals surface area (Å²) >= 11 is 18.5. The van der Waals surface area contributed by atoms with E-state index in [1.165, 1.54) is 0 Å². The lowest BCUT2D eigenvalue weighted by Gasteiger charge is -2.38. The third-order valence-electron chi connectivity index (χ3n) is 3.93. The molecule has 1 saturated carbocycles. The van der Waals surface area contributed by atoms with Crippen molar-refractivity contribution in [2.45, 2.75) is 24.8 Å². The van der Waals surface area contributed by atoms with Crippen molar-refractivity contribution in [3.63, 3.8) is 0 Å². The van der Waals surface area contributed by atoms with E-state index in [9.17, 15) is 4.79 Å². The number of benzene rings is 1. The zero-order valence-electron chi connectivity index (χ0n) is 11.5. The molecule has 0 aliphatic heterocycles. The van der Waals surface area contributed by atoms with Crippen LogP contribution in [0.1, 0.15) is 34.8 Å². The SMILES string of the molecule is O=C(N[C@@H]1CC[C@@H]1c1c(Cl)cccc1Cl)c1ncccc1Cl. The minimum absolute atomic E-state index is 0.0111. The van der Waals surface area contributed by atoms with Crippen molar-refractivity contribution in [1.29, 1.82) is 0 Å². The lowest BCUT2D eigenvalue weighted by atomic mass is 9.75. The van der Waals surface area contributed by atoms with E-state index in [0.717, 1.165) is 18.4 Å². The fourth-order valence-corrected chi connectivity index (χ4v) is 3.56. The van der Waals surface area contributed by atoms with Crippen molar-refractivity contribution in [2.24, 2.45) is 0 Å². The Hall–Kier alpha value is -1.29. The number of halogens is 3. The summed E-state index contributed by atoms with van der Waals surface area (Å²) in [5, 5.41) is 4.58. The van der Waals surface area contributed by atoms with Crippen LogP contribution >= 0.6 is 34.8 Å². The molecule has 114 valence electrons. The Morgan fingerprint density at radius 1 is 1.05 bits per heavy atom. The first kappa shape index (κ1) is 15.6. The van der Waals surface area contributed by atoms with Crippen LogP contribution in [0.25, 0.3) is 0 Å². The van der Waals surface area contributed by atoms with Gasteiger partial charge in [0.05, 0.1) is 5.02 Å². The zero-order chi connectivity index (χ0) is 15.7. The van der Waals surface area contributed by atoms with E-state index in [1.807, 2.05) is 18.2 Å². The van der Waals surface area contributed by atoms with Crippen LogP contribution < -0.4 is 5.32 Å². The van der Waals surface area contributed by atoms with Gasteiger partial charge in [-0.2, -0.15) is 0 Å². The van der Waals surface area contributed by atoms with E-state index in [4.69, 9.17) is 34.8 Å². The normalized spacial score (nSPS) is 20.3. The maximum atomic E-state index is 12.3. The number of hydrogen-bond acceptors (Lipinski definition) is 2. The minimum atomic E-state index is -0.275. The lowest BCUT2D eigenvalue weighted by Crippen LogP contribution is -2.45. The maximum Gasteiger partial charge on any atom is 0.271 e. The van der Waals surface area contributed by atoms with Crippen molar-refractivity contribution in [1.82, 2.24) is 10.3 Å². The van der Waals surface area contributed by atoms with Crippen molar-refractivity contribution in [2.75, 3.05) is 0 Å². The molecule has 0 saturated heterocycles. The van der Waals surface area contributed by atoms with Gasteiger partial charge in [0.25, 0.3) is 5.91 Å². The van der Waals surface area contributed by atoms with Gasteiger partial charge in [0.2, 0.25) is 0 Å². The molecule has 0 bridgehead atoms. The Kier molecular flexibility index (Phi) is 4.57. The zero-order valence-corrected chi connectivity index (χ0v) is 13.8. The van der Waals surface area contributed by atoms with Crippen LogP contribution in [0.4, 0.5) is 0 Å². The summed E-state index contributed by atoms with van der Waals surface area (Å²) in [6, 6.07) is 8.77. The fraction of sp³-hybridized carbons (Fsp3) is 0.250. The molecule has 1 aliphatic rings. The van der Waals surface area contributed by atoms with Crippen LogP contribution in [0.5, 0.6) is 0 Å². The second-order valence-electron chi connectivity index (χ2n) is 5.23. The topological polar surface area (TPSA) is 42.0 Å². The maximum absolute atomic E-state index is 12.3. The van der Waals surface area contributed by atoms with Crippen molar-refractivity contribution in [3.8, 4) is 0 Å². The lowest BCUT2D eigenvalue weighted by molar-refractivity contribution is 0.0900. The van der Waals surface area contributed by atoms with Gasteiger partial charge in [-0.15, -0.1) is 0 Å².